The minimum absolute atomic E-state index is 0.0527. The molecule has 2 N–H and O–H groups in total. The molecule has 0 spiro atoms. The Morgan fingerprint density at radius 3 is 2.71 bits per heavy atom. The molecule has 0 aliphatic carbocycles. The molecule has 2 amide bonds. The van der Waals surface area contributed by atoms with Gasteiger partial charge in [-0.3, -0.25) is 4.90 Å². The van der Waals surface area contributed by atoms with Gasteiger partial charge in [0.05, 0.1) is 18.0 Å². The molecule has 0 saturated carbocycles. The van der Waals surface area contributed by atoms with Gasteiger partial charge in [-0.05, 0) is 25.7 Å². The van der Waals surface area contributed by atoms with Gasteiger partial charge in [-0.2, -0.15) is 0 Å². The number of amides is 2. The number of hydrogen-bond acceptors (Lipinski definition) is 4. The second kappa shape index (κ2) is 7.35. The second-order valence-electron chi connectivity index (χ2n) is 5.65. The fraction of sp³-hybridized carbons (Fsp3) is 0.857. The van der Waals surface area contributed by atoms with Gasteiger partial charge in [0.15, 0.2) is 0 Å². The highest BCUT2D eigenvalue weighted by molar-refractivity contribution is 8.00. The zero-order valence-corrected chi connectivity index (χ0v) is 13.2. The van der Waals surface area contributed by atoms with Crippen molar-refractivity contribution in [1.82, 2.24) is 9.80 Å². The quantitative estimate of drug-likeness (QED) is 0.823. The molecule has 3 atom stereocenters. The number of nitrogens with zero attached hydrogens (tertiary/aromatic N) is 2. The van der Waals surface area contributed by atoms with Crippen LogP contribution in [0.2, 0.25) is 0 Å². The van der Waals surface area contributed by atoms with Crippen LogP contribution < -0.4 is 0 Å². The van der Waals surface area contributed by atoms with E-state index in [1.54, 1.807) is 16.7 Å². The number of carbonyl (C=O) groups excluding carboxylic acids is 1. The van der Waals surface area contributed by atoms with Crippen molar-refractivity contribution in [1.29, 1.82) is 0 Å². The number of carbonyl (C=O) groups is 2. The molecule has 2 fully saturated rings. The minimum Gasteiger partial charge on any atom is -0.480 e. The third-order valence-corrected chi connectivity index (χ3v) is 5.57. The Kier molecular flexibility index (Phi) is 5.75. The highest BCUT2D eigenvalue weighted by atomic mass is 32.2. The molecule has 2 saturated heterocycles. The number of thioether (sulfide) groups is 1. The molecule has 0 aromatic carbocycles. The van der Waals surface area contributed by atoms with Crippen molar-refractivity contribution >= 4 is 23.8 Å². The number of urea groups is 1. The fourth-order valence-corrected chi connectivity index (χ4v) is 4.58. The molecule has 21 heavy (non-hydrogen) atoms. The largest absolute Gasteiger partial charge is 0.480 e. The third-order valence-electron chi connectivity index (χ3n) is 4.22. The maximum atomic E-state index is 12.8. The lowest BCUT2D eigenvalue weighted by molar-refractivity contribution is -0.141. The van der Waals surface area contributed by atoms with Gasteiger partial charge in [0.2, 0.25) is 0 Å². The Labute approximate surface area is 129 Å². The van der Waals surface area contributed by atoms with Crippen molar-refractivity contribution in [3.05, 3.63) is 0 Å². The van der Waals surface area contributed by atoms with Crippen LogP contribution in [0.3, 0.4) is 0 Å². The first kappa shape index (κ1) is 16.4. The van der Waals surface area contributed by atoms with E-state index in [-0.39, 0.29) is 24.1 Å². The van der Waals surface area contributed by atoms with Crippen molar-refractivity contribution in [2.45, 2.75) is 56.5 Å². The van der Waals surface area contributed by atoms with Crippen molar-refractivity contribution in [2.75, 3.05) is 18.9 Å². The lowest BCUT2D eigenvalue weighted by atomic mass is 10.0. The SMILES string of the molecule is CCCC1SCC(C(=O)O)N1C(=O)N1CCCCC1CO. The summed E-state index contributed by atoms with van der Waals surface area (Å²) in [6.07, 6.45) is 4.43. The first-order valence-electron chi connectivity index (χ1n) is 7.64. The van der Waals surface area contributed by atoms with E-state index in [9.17, 15) is 19.8 Å². The fourth-order valence-electron chi connectivity index (χ4n) is 3.07. The topological polar surface area (TPSA) is 81.1 Å². The predicted molar refractivity (Wildman–Crippen MR) is 81.2 cm³/mol. The van der Waals surface area contributed by atoms with E-state index in [1.807, 2.05) is 6.92 Å². The van der Waals surface area contributed by atoms with Gasteiger partial charge in [0, 0.05) is 12.3 Å². The smallest absolute Gasteiger partial charge is 0.327 e. The Morgan fingerprint density at radius 2 is 2.10 bits per heavy atom. The van der Waals surface area contributed by atoms with Crippen LogP contribution in [0.4, 0.5) is 4.79 Å². The average molecular weight is 316 g/mol. The summed E-state index contributed by atoms with van der Waals surface area (Å²) < 4.78 is 0. The van der Waals surface area contributed by atoms with Gasteiger partial charge in [-0.15, -0.1) is 11.8 Å². The monoisotopic (exact) mass is 316 g/mol. The number of aliphatic carboxylic acids is 1. The van der Waals surface area contributed by atoms with E-state index in [1.165, 1.54) is 4.90 Å². The molecular formula is C14H24N2O4S. The molecular weight excluding hydrogens is 292 g/mol. The van der Waals surface area contributed by atoms with Crippen LogP contribution in [0, 0.1) is 0 Å². The van der Waals surface area contributed by atoms with Gasteiger partial charge >= 0.3 is 12.0 Å². The molecule has 120 valence electrons. The molecule has 6 nitrogen and oxygen atoms in total. The van der Waals surface area contributed by atoms with E-state index < -0.39 is 12.0 Å². The first-order valence-corrected chi connectivity index (χ1v) is 8.69. The summed E-state index contributed by atoms with van der Waals surface area (Å²) in [4.78, 5) is 27.5. The Hall–Kier alpha value is -0.950. The van der Waals surface area contributed by atoms with Crippen LogP contribution in [0.15, 0.2) is 0 Å². The number of rotatable bonds is 4. The molecule has 0 bridgehead atoms. The standard InChI is InChI=1S/C14H24N2O4S/c1-2-5-12-16(11(9-21-12)13(18)19)14(20)15-7-4-3-6-10(15)8-17/h10-12,17H,2-9H2,1H3,(H,18,19). The van der Waals surface area contributed by atoms with Crippen molar-refractivity contribution in [3.63, 3.8) is 0 Å². The number of carboxylic acid groups (broad SMARTS) is 1. The number of piperidine rings is 1. The van der Waals surface area contributed by atoms with Gasteiger partial charge in [-0.25, -0.2) is 9.59 Å². The van der Waals surface area contributed by atoms with E-state index in [0.717, 1.165) is 32.1 Å². The molecule has 0 aromatic heterocycles. The summed E-state index contributed by atoms with van der Waals surface area (Å²) in [6, 6.07) is -1.14. The van der Waals surface area contributed by atoms with E-state index in [0.29, 0.717) is 12.3 Å². The van der Waals surface area contributed by atoms with Crippen molar-refractivity contribution in [3.8, 4) is 0 Å². The van der Waals surface area contributed by atoms with Crippen molar-refractivity contribution < 1.29 is 19.8 Å². The number of carboxylic acids is 1. The zero-order valence-electron chi connectivity index (χ0n) is 12.4. The van der Waals surface area contributed by atoms with Crippen LogP contribution >= 0.6 is 11.8 Å². The van der Waals surface area contributed by atoms with Crippen LogP contribution in [-0.2, 0) is 4.79 Å². The lowest BCUT2D eigenvalue weighted by Crippen LogP contribution is -2.56. The number of hydrogen-bond donors (Lipinski definition) is 2. The number of aliphatic hydroxyl groups excluding tert-OH is 1. The first-order chi connectivity index (χ1) is 10.1. The number of aliphatic hydroxyl groups is 1. The van der Waals surface area contributed by atoms with Crippen molar-refractivity contribution in [2.24, 2.45) is 0 Å². The molecule has 3 unspecified atom stereocenters. The Bertz CT molecular complexity index is 393. The molecule has 7 heteroatoms. The molecule has 2 aliphatic heterocycles. The highest BCUT2D eigenvalue weighted by Crippen LogP contribution is 2.34. The Balaban J connectivity index is 2.17. The van der Waals surface area contributed by atoms with Crippen LogP contribution in [0.25, 0.3) is 0 Å². The molecule has 2 rings (SSSR count). The van der Waals surface area contributed by atoms with Gasteiger partial charge < -0.3 is 15.1 Å². The van der Waals surface area contributed by atoms with E-state index >= 15 is 0 Å². The van der Waals surface area contributed by atoms with Crippen LogP contribution in [-0.4, -0.2) is 68.4 Å². The zero-order chi connectivity index (χ0) is 15.4. The Morgan fingerprint density at radius 1 is 1.33 bits per heavy atom. The summed E-state index contributed by atoms with van der Waals surface area (Å²) in [7, 11) is 0. The lowest BCUT2D eigenvalue weighted by Gasteiger charge is -2.39. The maximum Gasteiger partial charge on any atom is 0.327 e. The maximum absolute atomic E-state index is 12.8. The summed E-state index contributed by atoms with van der Waals surface area (Å²) in [6.45, 7) is 2.59. The highest BCUT2D eigenvalue weighted by Gasteiger charge is 2.44. The summed E-state index contributed by atoms with van der Waals surface area (Å²) in [5.41, 5.74) is 0. The van der Waals surface area contributed by atoms with Gasteiger partial charge in [-0.1, -0.05) is 13.3 Å². The van der Waals surface area contributed by atoms with E-state index in [4.69, 9.17) is 0 Å². The molecule has 0 radical (unpaired) electrons. The molecule has 2 heterocycles. The molecule has 0 aromatic rings. The minimum atomic E-state index is -0.938. The summed E-state index contributed by atoms with van der Waals surface area (Å²) in [5.74, 6) is -0.490. The summed E-state index contributed by atoms with van der Waals surface area (Å²) in [5, 5.41) is 18.8. The second-order valence-corrected chi connectivity index (χ2v) is 6.86. The number of likely N-dealkylation sites (tertiary alicyclic amines) is 1. The third kappa shape index (κ3) is 3.45. The summed E-state index contributed by atoms with van der Waals surface area (Å²) >= 11 is 1.55. The average Bonchev–Trinajstić information content (AvgIpc) is 2.91. The molecule has 2 aliphatic rings. The predicted octanol–water partition coefficient (Wildman–Crippen LogP) is 1.58. The normalized spacial score (nSPS) is 29.7. The van der Waals surface area contributed by atoms with Gasteiger partial charge in [0.1, 0.15) is 6.04 Å². The van der Waals surface area contributed by atoms with E-state index in [2.05, 4.69) is 0 Å². The van der Waals surface area contributed by atoms with Gasteiger partial charge in [0.25, 0.3) is 0 Å². The van der Waals surface area contributed by atoms with Crippen LogP contribution in [0.1, 0.15) is 39.0 Å². The van der Waals surface area contributed by atoms with Crippen LogP contribution in [0.5, 0.6) is 0 Å².